The first-order valence-corrected chi connectivity index (χ1v) is 8.10. The molecule has 1 aromatic carbocycles. The third-order valence-electron chi connectivity index (χ3n) is 4.40. The molecule has 25 heavy (non-hydrogen) atoms. The Morgan fingerprint density at radius 1 is 1.24 bits per heavy atom. The molecule has 128 valence electrons. The molecule has 1 saturated heterocycles. The number of benzene rings is 1. The van der Waals surface area contributed by atoms with Crippen LogP contribution < -0.4 is 20.1 Å². The second-order valence-electron chi connectivity index (χ2n) is 6.02. The van der Waals surface area contributed by atoms with Crippen LogP contribution in [0.1, 0.15) is 34.8 Å². The van der Waals surface area contributed by atoms with Gasteiger partial charge in [-0.3, -0.25) is 14.6 Å². The summed E-state index contributed by atoms with van der Waals surface area (Å²) < 4.78 is 10.6. The monoisotopic (exact) mass is 339 g/mol. The fourth-order valence-electron chi connectivity index (χ4n) is 3.12. The fraction of sp³-hybridized carbons (Fsp3) is 0.278. The Morgan fingerprint density at radius 3 is 2.96 bits per heavy atom. The Labute approximate surface area is 144 Å². The zero-order chi connectivity index (χ0) is 17.2. The number of piperidine rings is 1. The lowest BCUT2D eigenvalue weighted by Gasteiger charge is -2.33. The second-order valence-corrected chi connectivity index (χ2v) is 6.02. The minimum atomic E-state index is -0.298. The molecule has 4 rings (SSSR count). The number of nitrogens with one attached hydrogen (secondary N) is 2. The average Bonchev–Trinajstić information content (AvgIpc) is 3.11. The molecule has 2 aliphatic heterocycles. The van der Waals surface area contributed by atoms with E-state index >= 15 is 0 Å². The second kappa shape index (κ2) is 6.43. The Bertz CT molecular complexity index is 809. The first kappa shape index (κ1) is 15.4. The smallest absolute Gasteiger partial charge is 0.251 e. The molecule has 2 atom stereocenters. The van der Waals surface area contributed by atoms with Gasteiger partial charge in [0.2, 0.25) is 12.7 Å². The van der Waals surface area contributed by atoms with E-state index in [1.165, 1.54) is 0 Å². The van der Waals surface area contributed by atoms with E-state index < -0.39 is 0 Å². The quantitative estimate of drug-likeness (QED) is 0.886. The van der Waals surface area contributed by atoms with Crippen LogP contribution in [0, 0.1) is 0 Å². The van der Waals surface area contributed by atoms with E-state index in [0.29, 0.717) is 29.9 Å². The number of aromatic nitrogens is 1. The summed E-state index contributed by atoms with van der Waals surface area (Å²) >= 11 is 0. The standard InChI is InChI=1S/C18H17N3O4/c22-16-6-4-13(17(21-16)12-2-1-7-19-9-12)20-18(23)11-3-5-14-15(8-11)25-10-24-14/h1-3,5,7-9,13,17H,4,6,10H2,(H,20,23)(H,21,22)/t13-,17+/m0/s1. The molecule has 1 aromatic heterocycles. The van der Waals surface area contributed by atoms with Crippen molar-refractivity contribution >= 4 is 11.8 Å². The Morgan fingerprint density at radius 2 is 2.12 bits per heavy atom. The molecular formula is C18H17N3O4. The Balaban J connectivity index is 1.53. The van der Waals surface area contributed by atoms with Crippen LogP contribution in [0.15, 0.2) is 42.7 Å². The summed E-state index contributed by atoms with van der Waals surface area (Å²) in [7, 11) is 0. The van der Waals surface area contributed by atoms with Gasteiger partial charge in [-0.05, 0) is 36.2 Å². The Kier molecular flexibility index (Phi) is 3.97. The van der Waals surface area contributed by atoms with Gasteiger partial charge in [0.1, 0.15) is 0 Å². The number of ether oxygens (including phenoxy) is 2. The van der Waals surface area contributed by atoms with Crippen molar-refractivity contribution in [2.24, 2.45) is 0 Å². The lowest BCUT2D eigenvalue weighted by molar-refractivity contribution is -0.123. The van der Waals surface area contributed by atoms with Gasteiger partial charge in [-0.15, -0.1) is 0 Å². The number of fused-ring (bicyclic) bond motifs is 1. The number of hydrogen-bond donors (Lipinski definition) is 2. The molecule has 2 N–H and O–H groups in total. The number of nitrogens with zero attached hydrogens (tertiary/aromatic N) is 1. The largest absolute Gasteiger partial charge is 0.454 e. The van der Waals surface area contributed by atoms with Gasteiger partial charge in [-0.1, -0.05) is 6.07 Å². The van der Waals surface area contributed by atoms with Crippen LogP contribution in [0.5, 0.6) is 11.5 Å². The van der Waals surface area contributed by atoms with Gasteiger partial charge in [-0.25, -0.2) is 0 Å². The lowest BCUT2D eigenvalue weighted by Crippen LogP contribution is -2.50. The van der Waals surface area contributed by atoms with Gasteiger partial charge in [0, 0.05) is 24.4 Å². The third-order valence-corrected chi connectivity index (χ3v) is 4.40. The molecule has 3 heterocycles. The van der Waals surface area contributed by atoms with E-state index in [1.807, 2.05) is 12.1 Å². The fourth-order valence-corrected chi connectivity index (χ4v) is 3.12. The van der Waals surface area contributed by atoms with Gasteiger partial charge < -0.3 is 20.1 Å². The van der Waals surface area contributed by atoms with Crippen LogP contribution >= 0.6 is 0 Å². The van der Waals surface area contributed by atoms with Gasteiger partial charge in [-0.2, -0.15) is 0 Å². The predicted octanol–water partition coefficient (Wildman–Crippen LogP) is 1.56. The van der Waals surface area contributed by atoms with E-state index in [-0.39, 0.29) is 30.7 Å². The van der Waals surface area contributed by atoms with Crippen molar-refractivity contribution in [1.29, 1.82) is 0 Å². The van der Waals surface area contributed by atoms with Gasteiger partial charge in [0.25, 0.3) is 5.91 Å². The molecule has 7 nitrogen and oxygen atoms in total. The summed E-state index contributed by atoms with van der Waals surface area (Å²) in [6.07, 6.45) is 4.33. The maximum absolute atomic E-state index is 12.6. The lowest BCUT2D eigenvalue weighted by atomic mass is 9.92. The van der Waals surface area contributed by atoms with Crippen molar-refractivity contribution in [3.8, 4) is 11.5 Å². The molecule has 0 aliphatic carbocycles. The molecule has 2 aromatic rings. The van der Waals surface area contributed by atoms with Crippen molar-refractivity contribution < 1.29 is 19.1 Å². The molecule has 0 radical (unpaired) electrons. The van der Waals surface area contributed by atoms with Crippen LogP contribution in [0.25, 0.3) is 0 Å². The zero-order valence-corrected chi connectivity index (χ0v) is 13.4. The molecule has 0 saturated carbocycles. The highest BCUT2D eigenvalue weighted by Crippen LogP contribution is 2.32. The molecule has 2 amide bonds. The minimum Gasteiger partial charge on any atom is -0.454 e. The normalized spacial score (nSPS) is 21.5. The highest BCUT2D eigenvalue weighted by Gasteiger charge is 2.31. The number of carbonyl (C=O) groups is 2. The molecule has 1 fully saturated rings. The first-order chi connectivity index (χ1) is 12.2. The van der Waals surface area contributed by atoms with E-state index in [4.69, 9.17) is 9.47 Å². The Hall–Kier alpha value is -3.09. The van der Waals surface area contributed by atoms with E-state index in [9.17, 15) is 9.59 Å². The van der Waals surface area contributed by atoms with Crippen LogP contribution in [0.2, 0.25) is 0 Å². The number of carbonyl (C=O) groups excluding carboxylic acids is 2. The molecular weight excluding hydrogens is 322 g/mol. The van der Waals surface area contributed by atoms with Gasteiger partial charge in [0.05, 0.1) is 12.1 Å². The minimum absolute atomic E-state index is 0.0255. The maximum atomic E-state index is 12.6. The summed E-state index contributed by atoms with van der Waals surface area (Å²) in [5.74, 6) is 0.957. The zero-order valence-electron chi connectivity index (χ0n) is 13.4. The van der Waals surface area contributed by atoms with Crippen LogP contribution in [-0.2, 0) is 4.79 Å². The summed E-state index contributed by atoms with van der Waals surface area (Å²) in [6, 6.07) is 8.28. The highest BCUT2D eigenvalue weighted by atomic mass is 16.7. The summed E-state index contributed by atoms with van der Waals surface area (Å²) in [5.41, 5.74) is 1.36. The number of pyridine rings is 1. The van der Waals surface area contributed by atoms with Crippen molar-refractivity contribution in [3.63, 3.8) is 0 Å². The van der Waals surface area contributed by atoms with E-state index in [1.54, 1.807) is 30.6 Å². The topological polar surface area (TPSA) is 89.6 Å². The summed E-state index contributed by atoms with van der Waals surface area (Å²) in [4.78, 5) is 28.5. The maximum Gasteiger partial charge on any atom is 0.251 e. The van der Waals surface area contributed by atoms with Gasteiger partial charge in [0.15, 0.2) is 11.5 Å². The van der Waals surface area contributed by atoms with Crippen molar-refractivity contribution in [2.45, 2.75) is 24.9 Å². The highest BCUT2D eigenvalue weighted by molar-refractivity contribution is 5.95. The predicted molar refractivity (Wildman–Crippen MR) is 88.2 cm³/mol. The average molecular weight is 339 g/mol. The molecule has 0 spiro atoms. The van der Waals surface area contributed by atoms with Crippen molar-refractivity contribution in [2.75, 3.05) is 6.79 Å². The number of hydrogen-bond acceptors (Lipinski definition) is 5. The van der Waals surface area contributed by atoms with Crippen molar-refractivity contribution in [3.05, 3.63) is 53.9 Å². The number of rotatable bonds is 3. The van der Waals surface area contributed by atoms with Crippen LogP contribution in [0.4, 0.5) is 0 Å². The third kappa shape index (κ3) is 3.13. The van der Waals surface area contributed by atoms with Crippen molar-refractivity contribution in [1.82, 2.24) is 15.6 Å². The summed E-state index contributed by atoms with van der Waals surface area (Å²) in [5, 5.41) is 5.96. The van der Waals surface area contributed by atoms with E-state index in [0.717, 1.165) is 5.56 Å². The SMILES string of the molecule is O=C1CC[C@H](NC(=O)c2ccc3c(c2)OCO3)[C@@H](c2cccnc2)N1. The first-order valence-electron chi connectivity index (χ1n) is 8.10. The van der Waals surface area contributed by atoms with Crippen LogP contribution in [-0.4, -0.2) is 29.6 Å². The molecule has 7 heteroatoms. The van der Waals surface area contributed by atoms with E-state index in [2.05, 4.69) is 15.6 Å². The molecule has 0 bridgehead atoms. The number of amides is 2. The van der Waals surface area contributed by atoms with Crippen LogP contribution in [0.3, 0.4) is 0 Å². The van der Waals surface area contributed by atoms with Gasteiger partial charge >= 0.3 is 0 Å². The molecule has 2 aliphatic rings. The summed E-state index contributed by atoms with van der Waals surface area (Å²) in [6.45, 7) is 0.165. The molecule has 0 unspecified atom stereocenters.